The van der Waals surface area contributed by atoms with Crippen molar-refractivity contribution < 1.29 is 0 Å². The molecule has 0 spiro atoms. The van der Waals surface area contributed by atoms with Gasteiger partial charge in [-0.1, -0.05) is 15.9 Å². The summed E-state index contributed by atoms with van der Waals surface area (Å²) in [5, 5.41) is 3.59. The number of benzene rings is 1. The van der Waals surface area contributed by atoms with Gasteiger partial charge in [-0.2, -0.15) is 0 Å². The standard InChI is InChI=1S/C14H22BrN3/c1-17-10-8-16-13(11-17)7-9-18(2)14-5-3-12(15)4-6-14/h3-6,13,16H,7-11H2,1-2H3. The summed E-state index contributed by atoms with van der Waals surface area (Å²) in [7, 11) is 4.36. The van der Waals surface area contributed by atoms with Gasteiger partial charge in [-0.25, -0.2) is 0 Å². The largest absolute Gasteiger partial charge is 0.375 e. The summed E-state index contributed by atoms with van der Waals surface area (Å²) in [6.45, 7) is 4.53. The molecular weight excluding hydrogens is 290 g/mol. The van der Waals surface area contributed by atoms with E-state index in [1.54, 1.807) is 0 Å². The van der Waals surface area contributed by atoms with E-state index in [4.69, 9.17) is 0 Å². The molecule has 100 valence electrons. The first kappa shape index (κ1) is 13.8. The first-order valence-electron chi connectivity index (χ1n) is 6.54. The minimum absolute atomic E-state index is 0.627. The van der Waals surface area contributed by atoms with E-state index in [1.807, 2.05) is 0 Å². The first-order valence-corrected chi connectivity index (χ1v) is 7.33. The number of halogens is 1. The summed E-state index contributed by atoms with van der Waals surface area (Å²) < 4.78 is 1.13. The van der Waals surface area contributed by atoms with Crippen molar-refractivity contribution in [2.45, 2.75) is 12.5 Å². The van der Waals surface area contributed by atoms with E-state index in [-0.39, 0.29) is 0 Å². The van der Waals surface area contributed by atoms with Crippen molar-refractivity contribution in [1.29, 1.82) is 0 Å². The number of nitrogens with one attached hydrogen (secondary N) is 1. The van der Waals surface area contributed by atoms with E-state index in [9.17, 15) is 0 Å². The summed E-state index contributed by atoms with van der Waals surface area (Å²) in [6.07, 6.45) is 1.19. The highest BCUT2D eigenvalue weighted by molar-refractivity contribution is 9.10. The van der Waals surface area contributed by atoms with Gasteiger partial charge in [0.2, 0.25) is 0 Å². The number of rotatable bonds is 4. The zero-order valence-corrected chi connectivity index (χ0v) is 12.8. The predicted molar refractivity (Wildman–Crippen MR) is 81.3 cm³/mol. The smallest absolute Gasteiger partial charge is 0.0364 e. The molecule has 1 aromatic carbocycles. The van der Waals surface area contributed by atoms with Crippen molar-refractivity contribution in [3.05, 3.63) is 28.7 Å². The van der Waals surface area contributed by atoms with E-state index in [0.29, 0.717) is 6.04 Å². The summed E-state index contributed by atoms with van der Waals surface area (Å²) in [4.78, 5) is 4.73. The van der Waals surface area contributed by atoms with E-state index < -0.39 is 0 Å². The molecule has 0 radical (unpaired) electrons. The van der Waals surface area contributed by atoms with Crippen molar-refractivity contribution in [2.75, 3.05) is 45.2 Å². The van der Waals surface area contributed by atoms with Crippen molar-refractivity contribution in [3.63, 3.8) is 0 Å². The maximum absolute atomic E-state index is 3.59. The number of hydrogen-bond acceptors (Lipinski definition) is 3. The van der Waals surface area contributed by atoms with Crippen LogP contribution in [0.1, 0.15) is 6.42 Å². The summed E-state index contributed by atoms with van der Waals surface area (Å²) in [5.41, 5.74) is 1.28. The third-order valence-electron chi connectivity index (χ3n) is 3.54. The Morgan fingerprint density at radius 2 is 2.11 bits per heavy atom. The molecule has 0 aliphatic carbocycles. The van der Waals surface area contributed by atoms with Crippen LogP contribution in [-0.4, -0.2) is 51.2 Å². The van der Waals surface area contributed by atoms with Crippen LogP contribution in [0.15, 0.2) is 28.7 Å². The Bertz CT molecular complexity index is 366. The highest BCUT2D eigenvalue weighted by atomic mass is 79.9. The summed E-state index contributed by atoms with van der Waals surface area (Å²) >= 11 is 3.47. The third-order valence-corrected chi connectivity index (χ3v) is 4.07. The van der Waals surface area contributed by atoms with Gasteiger partial charge in [0.1, 0.15) is 0 Å². The lowest BCUT2D eigenvalue weighted by atomic mass is 10.1. The molecule has 2 rings (SSSR count). The SMILES string of the molecule is CN1CCNC(CCN(C)c2ccc(Br)cc2)C1. The van der Waals surface area contributed by atoms with E-state index >= 15 is 0 Å². The number of nitrogens with zero attached hydrogens (tertiary/aromatic N) is 2. The molecule has 1 N–H and O–H groups in total. The second-order valence-corrected chi connectivity index (χ2v) is 6.02. The van der Waals surface area contributed by atoms with Crippen LogP contribution in [0.5, 0.6) is 0 Å². The highest BCUT2D eigenvalue weighted by Gasteiger charge is 2.16. The number of hydrogen-bond donors (Lipinski definition) is 1. The molecule has 1 aromatic rings. The van der Waals surface area contributed by atoms with Crippen LogP contribution < -0.4 is 10.2 Å². The summed E-state index contributed by atoms with van der Waals surface area (Å²) in [6, 6.07) is 9.13. The van der Waals surface area contributed by atoms with E-state index in [1.165, 1.54) is 18.7 Å². The molecule has 1 saturated heterocycles. The topological polar surface area (TPSA) is 18.5 Å². The number of anilines is 1. The Labute approximate surface area is 118 Å². The molecule has 1 aliphatic rings. The lowest BCUT2D eigenvalue weighted by Gasteiger charge is -2.32. The molecule has 3 nitrogen and oxygen atoms in total. The molecular formula is C14H22BrN3. The van der Waals surface area contributed by atoms with Gasteiger partial charge in [0.25, 0.3) is 0 Å². The Kier molecular flexibility index (Phi) is 5.03. The molecule has 1 fully saturated rings. The van der Waals surface area contributed by atoms with Gasteiger partial charge in [-0.15, -0.1) is 0 Å². The van der Waals surface area contributed by atoms with E-state index in [2.05, 4.69) is 69.4 Å². The van der Waals surface area contributed by atoms with Gasteiger partial charge in [0, 0.05) is 49.4 Å². The summed E-state index contributed by atoms with van der Waals surface area (Å²) in [5.74, 6) is 0. The maximum Gasteiger partial charge on any atom is 0.0364 e. The van der Waals surface area contributed by atoms with Gasteiger partial charge in [0.15, 0.2) is 0 Å². The van der Waals surface area contributed by atoms with Gasteiger partial charge >= 0.3 is 0 Å². The molecule has 0 aromatic heterocycles. The van der Waals surface area contributed by atoms with Crippen molar-refractivity contribution >= 4 is 21.6 Å². The highest BCUT2D eigenvalue weighted by Crippen LogP contribution is 2.17. The molecule has 0 amide bonds. The van der Waals surface area contributed by atoms with Crippen molar-refractivity contribution in [2.24, 2.45) is 0 Å². The number of likely N-dealkylation sites (N-methyl/N-ethyl adjacent to an activating group) is 1. The first-order chi connectivity index (χ1) is 8.65. The molecule has 1 unspecified atom stereocenters. The Balaban J connectivity index is 1.80. The minimum atomic E-state index is 0.627. The molecule has 1 atom stereocenters. The van der Waals surface area contributed by atoms with E-state index in [0.717, 1.165) is 24.1 Å². The fourth-order valence-electron chi connectivity index (χ4n) is 2.36. The quantitative estimate of drug-likeness (QED) is 0.919. The van der Waals surface area contributed by atoms with Gasteiger partial charge in [-0.3, -0.25) is 0 Å². The van der Waals surface area contributed by atoms with Crippen LogP contribution in [-0.2, 0) is 0 Å². The lowest BCUT2D eigenvalue weighted by molar-refractivity contribution is 0.233. The second kappa shape index (κ2) is 6.55. The van der Waals surface area contributed by atoms with Crippen LogP contribution >= 0.6 is 15.9 Å². The predicted octanol–water partition coefficient (Wildman–Crippen LogP) is 2.18. The molecule has 1 heterocycles. The molecule has 0 bridgehead atoms. The average molecular weight is 312 g/mol. The maximum atomic E-state index is 3.59. The molecule has 4 heteroatoms. The van der Waals surface area contributed by atoms with Gasteiger partial charge < -0.3 is 15.1 Å². The zero-order valence-electron chi connectivity index (χ0n) is 11.2. The fourth-order valence-corrected chi connectivity index (χ4v) is 2.62. The Morgan fingerprint density at radius 1 is 1.39 bits per heavy atom. The molecule has 0 saturated carbocycles. The van der Waals surface area contributed by atoms with Crippen LogP contribution in [0, 0.1) is 0 Å². The zero-order chi connectivity index (χ0) is 13.0. The molecule has 18 heavy (non-hydrogen) atoms. The normalized spacial score (nSPS) is 20.9. The van der Waals surface area contributed by atoms with Crippen LogP contribution in [0.3, 0.4) is 0 Å². The van der Waals surface area contributed by atoms with Crippen molar-refractivity contribution in [3.8, 4) is 0 Å². The monoisotopic (exact) mass is 311 g/mol. The fraction of sp³-hybridized carbons (Fsp3) is 0.571. The van der Waals surface area contributed by atoms with Crippen LogP contribution in [0.25, 0.3) is 0 Å². The Hall–Kier alpha value is -0.580. The van der Waals surface area contributed by atoms with Crippen molar-refractivity contribution in [1.82, 2.24) is 10.2 Å². The third kappa shape index (κ3) is 3.97. The lowest BCUT2D eigenvalue weighted by Crippen LogP contribution is -2.49. The average Bonchev–Trinajstić information content (AvgIpc) is 2.37. The van der Waals surface area contributed by atoms with Gasteiger partial charge in [-0.05, 0) is 37.7 Å². The number of piperazine rings is 1. The van der Waals surface area contributed by atoms with Crippen LogP contribution in [0.2, 0.25) is 0 Å². The Morgan fingerprint density at radius 3 is 2.78 bits per heavy atom. The molecule has 1 aliphatic heterocycles. The minimum Gasteiger partial charge on any atom is -0.375 e. The van der Waals surface area contributed by atoms with Crippen LogP contribution in [0.4, 0.5) is 5.69 Å². The van der Waals surface area contributed by atoms with Gasteiger partial charge in [0.05, 0.1) is 0 Å². The second-order valence-electron chi connectivity index (χ2n) is 5.10.